The van der Waals surface area contributed by atoms with Crippen LogP contribution in [0.25, 0.3) is 0 Å². The molecule has 0 bridgehead atoms. The normalized spacial score (nSPS) is 30.1. The highest BCUT2D eigenvalue weighted by molar-refractivity contribution is 8.03. The molecule has 6 atom stereocenters. The predicted molar refractivity (Wildman–Crippen MR) is 135 cm³/mol. The maximum atomic E-state index is 13.1. The molecule has 3 fully saturated rings. The Kier molecular flexibility index (Phi) is 7.68. The molecule has 0 radical (unpaired) electrons. The summed E-state index contributed by atoms with van der Waals surface area (Å²) in [5, 5.41) is 30.2. The number of aromatic nitrogens is 4. The summed E-state index contributed by atoms with van der Waals surface area (Å²) < 4.78 is 1.28. The van der Waals surface area contributed by atoms with Crippen LogP contribution < -0.4 is 16.0 Å². The third kappa shape index (κ3) is 5.01. The summed E-state index contributed by atoms with van der Waals surface area (Å²) in [7, 11) is 0. The van der Waals surface area contributed by atoms with Crippen LogP contribution in [-0.2, 0) is 25.7 Å². The number of thioether (sulfide) groups is 1. The lowest BCUT2D eigenvalue weighted by molar-refractivity contribution is -0.158. The van der Waals surface area contributed by atoms with Crippen LogP contribution in [-0.4, -0.2) is 115 Å². The first-order valence-corrected chi connectivity index (χ1v) is 13.8. The fraction of sp³-hybridized carbons (Fsp3) is 0.696. The Morgan fingerprint density at radius 1 is 1.29 bits per heavy atom. The topological polar surface area (TPSA) is 175 Å². The van der Waals surface area contributed by atoms with Gasteiger partial charge in [-0.15, -0.1) is 16.9 Å². The van der Waals surface area contributed by atoms with Crippen LogP contribution in [0.5, 0.6) is 0 Å². The molecule has 1 aromatic rings. The Bertz CT molecular complexity index is 1120. The molecule has 4 N–H and O–H groups in total. The summed E-state index contributed by atoms with van der Waals surface area (Å²) in [6.07, 6.45) is 2.85. The number of carboxylic acids is 1. The predicted octanol–water partition coefficient (Wildman–Crippen LogP) is -1.76. The van der Waals surface area contributed by atoms with Gasteiger partial charge in [0.15, 0.2) is 0 Å². The van der Waals surface area contributed by atoms with Gasteiger partial charge in [0.05, 0.1) is 18.0 Å². The quantitative estimate of drug-likeness (QED) is 0.271. The minimum Gasteiger partial charge on any atom is -0.477 e. The van der Waals surface area contributed by atoms with Crippen LogP contribution in [0, 0.1) is 11.8 Å². The number of nitrogens with one attached hydrogen (secondary N) is 3. The number of nitrogens with zero attached hydrogens (tertiary/aromatic N) is 6. The van der Waals surface area contributed by atoms with Crippen molar-refractivity contribution in [2.75, 3.05) is 32.7 Å². The van der Waals surface area contributed by atoms with Crippen LogP contribution in [0.3, 0.4) is 0 Å². The van der Waals surface area contributed by atoms with Gasteiger partial charge in [-0.1, -0.05) is 6.92 Å². The molecular formula is C23H33N9O5S. The average molecular weight is 548 g/mol. The lowest BCUT2D eigenvalue weighted by atomic mass is 9.78. The van der Waals surface area contributed by atoms with Crippen molar-refractivity contribution in [3.8, 4) is 0 Å². The third-order valence-electron chi connectivity index (χ3n) is 7.75. The first-order valence-electron chi connectivity index (χ1n) is 13.0. The lowest BCUT2D eigenvalue weighted by Gasteiger charge is -2.47. The number of hydrogen-bond acceptors (Lipinski definition) is 10. The number of tetrazole rings is 1. The van der Waals surface area contributed by atoms with Crippen molar-refractivity contribution in [3.63, 3.8) is 0 Å². The van der Waals surface area contributed by atoms with E-state index in [4.69, 9.17) is 0 Å². The molecule has 5 rings (SSSR count). The molecule has 0 saturated carbocycles. The highest BCUT2D eigenvalue weighted by Gasteiger charge is 2.60. The Morgan fingerprint density at radius 2 is 2.11 bits per heavy atom. The molecule has 0 aromatic carbocycles. The molecule has 3 saturated heterocycles. The minimum atomic E-state index is -1.14. The summed E-state index contributed by atoms with van der Waals surface area (Å²) in [6.45, 7) is 7.30. The number of carboxylic acid groups (broad SMARTS) is 1. The van der Waals surface area contributed by atoms with Crippen LogP contribution in [0.15, 0.2) is 16.9 Å². The van der Waals surface area contributed by atoms with Gasteiger partial charge in [-0.2, -0.15) is 0 Å². The van der Waals surface area contributed by atoms with E-state index in [1.165, 1.54) is 27.7 Å². The van der Waals surface area contributed by atoms with Gasteiger partial charge in [0.2, 0.25) is 17.7 Å². The van der Waals surface area contributed by atoms with E-state index in [-0.39, 0.29) is 53.2 Å². The first-order chi connectivity index (χ1) is 18.3. The molecule has 206 valence electrons. The van der Waals surface area contributed by atoms with Crippen molar-refractivity contribution < 1.29 is 24.3 Å². The maximum Gasteiger partial charge on any atom is 0.353 e. The lowest BCUT2D eigenvalue weighted by Crippen LogP contribution is -2.66. The fourth-order valence-electron chi connectivity index (χ4n) is 5.93. The molecule has 1 aromatic heterocycles. The van der Waals surface area contributed by atoms with Crippen LogP contribution in [0.2, 0.25) is 0 Å². The molecule has 0 aliphatic carbocycles. The summed E-state index contributed by atoms with van der Waals surface area (Å²) in [6, 6.07) is -1.14. The Morgan fingerprint density at radius 3 is 2.84 bits per heavy atom. The standard InChI is InChI=1S/C23H33N9O5S/c1-12-18-17(13(2)27-16(33)10-31-11-26-28-29-31)22(35)32(18)19(23(36)37)20(12)38-14-8-15(25-9-14)21(34)30-6-3-4-24-5-7-30/h11-15,17-18,24-25H,3-10H2,1-2H3,(H,27,33)(H,36,37)/t12-,13-,14+,15+,17-,18-/m1/s1. The SMILES string of the molecule is C[C@@H](NC(=O)Cn1cnnn1)[C@H]1C(=O)N2C(C(=O)O)=C(S[C@@H]3CN[C@H](C(=O)N4CCCNCC4)C3)[C@H](C)[C@H]12. The molecular weight excluding hydrogens is 514 g/mol. The van der Waals surface area contributed by atoms with Gasteiger partial charge in [0.25, 0.3) is 0 Å². The second-order valence-corrected chi connectivity index (χ2v) is 11.6. The molecule has 0 spiro atoms. The number of fused-ring (bicyclic) bond motifs is 1. The van der Waals surface area contributed by atoms with Crippen molar-refractivity contribution in [1.82, 2.24) is 46.0 Å². The molecule has 5 heterocycles. The van der Waals surface area contributed by atoms with Gasteiger partial charge in [0.1, 0.15) is 18.6 Å². The Hall–Kier alpha value is -3.04. The summed E-state index contributed by atoms with van der Waals surface area (Å²) >= 11 is 1.46. The van der Waals surface area contributed by atoms with Gasteiger partial charge >= 0.3 is 5.97 Å². The highest BCUT2D eigenvalue weighted by Crippen LogP contribution is 2.51. The van der Waals surface area contributed by atoms with Gasteiger partial charge < -0.3 is 30.9 Å². The van der Waals surface area contributed by atoms with Gasteiger partial charge in [-0.3, -0.25) is 14.4 Å². The second-order valence-electron chi connectivity index (χ2n) is 10.3. The summed E-state index contributed by atoms with van der Waals surface area (Å²) in [5.41, 5.74) is 0.0225. The van der Waals surface area contributed by atoms with E-state index in [1.807, 2.05) is 11.8 Å². The van der Waals surface area contributed by atoms with Crippen LogP contribution in [0.1, 0.15) is 26.7 Å². The number of β-lactam (4-membered cyclic amide) rings is 1. The molecule has 14 nitrogen and oxygen atoms in total. The van der Waals surface area contributed by atoms with Gasteiger partial charge in [0, 0.05) is 48.3 Å². The summed E-state index contributed by atoms with van der Waals surface area (Å²) in [5.74, 6) is -2.44. The number of rotatable bonds is 8. The smallest absolute Gasteiger partial charge is 0.353 e. The van der Waals surface area contributed by atoms with E-state index >= 15 is 0 Å². The van der Waals surface area contributed by atoms with E-state index in [9.17, 15) is 24.3 Å². The summed E-state index contributed by atoms with van der Waals surface area (Å²) in [4.78, 5) is 54.8. The molecule has 3 amide bonds. The zero-order valence-electron chi connectivity index (χ0n) is 21.4. The van der Waals surface area contributed by atoms with Crippen LogP contribution >= 0.6 is 11.8 Å². The van der Waals surface area contributed by atoms with Crippen molar-refractivity contribution in [1.29, 1.82) is 0 Å². The monoisotopic (exact) mass is 547 g/mol. The van der Waals surface area contributed by atoms with Crippen LogP contribution in [0.4, 0.5) is 0 Å². The van der Waals surface area contributed by atoms with Crippen molar-refractivity contribution in [3.05, 3.63) is 16.9 Å². The van der Waals surface area contributed by atoms with Crippen molar-refractivity contribution in [2.45, 2.75) is 56.6 Å². The van der Waals surface area contributed by atoms with Gasteiger partial charge in [-0.05, 0) is 36.7 Å². The van der Waals surface area contributed by atoms with E-state index < -0.39 is 17.9 Å². The largest absolute Gasteiger partial charge is 0.477 e. The fourth-order valence-corrected chi connectivity index (χ4v) is 7.41. The van der Waals surface area contributed by atoms with E-state index in [0.29, 0.717) is 24.4 Å². The number of aliphatic carboxylic acids is 1. The number of amides is 3. The second kappa shape index (κ2) is 11.0. The highest BCUT2D eigenvalue weighted by atomic mass is 32.2. The number of carbonyl (C=O) groups is 4. The zero-order chi connectivity index (χ0) is 27.0. The van der Waals surface area contributed by atoms with E-state index in [1.54, 1.807) is 6.92 Å². The molecule has 15 heteroatoms. The van der Waals surface area contributed by atoms with Gasteiger partial charge in [-0.25, -0.2) is 9.48 Å². The van der Waals surface area contributed by atoms with Crippen molar-refractivity contribution >= 4 is 35.5 Å². The first kappa shape index (κ1) is 26.6. The van der Waals surface area contributed by atoms with Crippen molar-refractivity contribution in [2.24, 2.45) is 11.8 Å². The minimum absolute atomic E-state index is 0.0153. The maximum absolute atomic E-state index is 13.1. The molecule has 0 unspecified atom stereocenters. The molecule has 4 aliphatic heterocycles. The number of hydrogen-bond donors (Lipinski definition) is 4. The molecule has 38 heavy (non-hydrogen) atoms. The Labute approximate surface area is 223 Å². The molecule has 4 aliphatic rings. The van der Waals surface area contributed by atoms with E-state index in [2.05, 4.69) is 31.5 Å². The Balaban J connectivity index is 1.23. The number of carbonyl (C=O) groups excluding carboxylic acids is 3. The average Bonchev–Trinajstić information content (AvgIpc) is 3.54. The van der Waals surface area contributed by atoms with E-state index in [0.717, 1.165) is 26.1 Å². The zero-order valence-corrected chi connectivity index (χ0v) is 22.2. The third-order valence-corrected chi connectivity index (χ3v) is 9.26.